The van der Waals surface area contributed by atoms with Crippen LogP contribution in [0.1, 0.15) is 49.3 Å². The van der Waals surface area contributed by atoms with E-state index < -0.39 is 17.7 Å². The first-order chi connectivity index (χ1) is 10.1. The molecule has 3 nitrogen and oxygen atoms in total. The van der Waals surface area contributed by atoms with Crippen LogP contribution < -0.4 is 11.3 Å². The van der Waals surface area contributed by atoms with Crippen LogP contribution in [0.25, 0.3) is 0 Å². The predicted molar refractivity (Wildman–Crippen MR) is 76.4 cm³/mol. The van der Waals surface area contributed by atoms with Gasteiger partial charge in [0.1, 0.15) is 11.6 Å². The number of hydrazine groups is 1. The molecule has 2 unspecified atom stereocenters. The van der Waals surface area contributed by atoms with Gasteiger partial charge in [-0.15, -0.1) is 0 Å². The summed E-state index contributed by atoms with van der Waals surface area (Å²) in [4.78, 5) is 0. The van der Waals surface area contributed by atoms with E-state index in [1.54, 1.807) is 6.92 Å². The normalized spacial score (nSPS) is 25.6. The van der Waals surface area contributed by atoms with Gasteiger partial charge in [0, 0.05) is 12.2 Å². The molecule has 1 saturated heterocycles. The number of aryl methyl sites for hydroxylation is 1. The van der Waals surface area contributed by atoms with E-state index in [1.165, 1.54) is 18.6 Å². The summed E-state index contributed by atoms with van der Waals surface area (Å²) in [6, 6.07) is 2.27. The summed E-state index contributed by atoms with van der Waals surface area (Å²) in [6.45, 7) is 2.28. The van der Waals surface area contributed by atoms with E-state index >= 15 is 0 Å². The van der Waals surface area contributed by atoms with Crippen LogP contribution in [0.4, 0.5) is 8.78 Å². The van der Waals surface area contributed by atoms with Gasteiger partial charge in [0.05, 0.1) is 11.6 Å². The first-order valence-corrected chi connectivity index (χ1v) is 7.61. The van der Waals surface area contributed by atoms with E-state index in [0.29, 0.717) is 12.2 Å². The van der Waals surface area contributed by atoms with Crippen molar-refractivity contribution in [1.29, 1.82) is 0 Å². The number of hydrogen-bond acceptors (Lipinski definition) is 3. The number of rotatable bonds is 3. The van der Waals surface area contributed by atoms with Crippen LogP contribution in [0.2, 0.25) is 0 Å². The number of nitrogens with one attached hydrogen (secondary N) is 1. The number of halogens is 2. The standard InChI is InChI=1S/C16H22F2N2O/c1-10-3-4-12(17)13(14(10)18)15(20-19)11-5-8-21-16(9-11)6-2-7-16/h3-4,11,15,20H,2,5-9,19H2,1H3. The Kier molecular flexibility index (Phi) is 3.99. The van der Waals surface area contributed by atoms with Crippen molar-refractivity contribution >= 4 is 0 Å². The molecule has 1 heterocycles. The maximum absolute atomic E-state index is 14.4. The van der Waals surface area contributed by atoms with E-state index in [0.717, 1.165) is 25.7 Å². The summed E-state index contributed by atoms with van der Waals surface area (Å²) in [5, 5.41) is 0. The molecule has 116 valence electrons. The van der Waals surface area contributed by atoms with Gasteiger partial charge in [-0.05, 0) is 56.6 Å². The second-order valence-electron chi connectivity index (χ2n) is 6.37. The fourth-order valence-electron chi connectivity index (χ4n) is 3.69. The van der Waals surface area contributed by atoms with Crippen molar-refractivity contribution in [3.05, 3.63) is 34.9 Å². The summed E-state index contributed by atoms with van der Waals surface area (Å²) in [5.41, 5.74) is 3.08. The van der Waals surface area contributed by atoms with Crippen molar-refractivity contribution in [3.63, 3.8) is 0 Å². The minimum Gasteiger partial charge on any atom is -0.375 e. The molecule has 0 aromatic heterocycles. The lowest BCUT2D eigenvalue weighted by Crippen LogP contribution is -2.49. The molecule has 2 fully saturated rings. The van der Waals surface area contributed by atoms with E-state index in [4.69, 9.17) is 10.6 Å². The van der Waals surface area contributed by atoms with Crippen LogP contribution in [0.5, 0.6) is 0 Å². The number of nitrogens with two attached hydrogens (primary N) is 1. The van der Waals surface area contributed by atoms with Crippen molar-refractivity contribution in [2.45, 2.75) is 50.7 Å². The molecule has 1 aliphatic heterocycles. The van der Waals surface area contributed by atoms with Crippen LogP contribution in [0.3, 0.4) is 0 Å². The SMILES string of the molecule is Cc1ccc(F)c(C(NN)C2CCOC3(CCC3)C2)c1F. The Hall–Kier alpha value is -1.04. The Morgan fingerprint density at radius 1 is 1.38 bits per heavy atom. The molecule has 1 aromatic rings. The van der Waals surface area contributed by atoms with Crippen molar-refractivity contribution in [2.75, 3.05) is 6.61 Å². The van der Waals surface area contributed by atoms with E-state index in [9.17, 15) is 8.78 Å². The van der Waals surface area contributed by atoms with Crippen LogP contribution in [0.15, 0.2) is 12.1 Å². The fraction of sp³-hybridized carbons (Fsp3) is 0.625. The molecule has 1 spiro atoms. The van der Waals surface area contributed by atoms with Crippen LogP contribution in [-0.2, 0) is 4.74 Å². The highest BCUT2D eigenvalue weighted by molar-refractivity contribution is 5.30. The molecular formula is C16H22F2N2O. The van der Waals surface area contributed by atoms with Gasteiger partial charge >= 0.3 is 0 Å². The van der Waals surface area contributed by atoms with Gasteiger partial charge in [-0.2, -0.15) is 0 Å². The lowest BCUT2D eigenvalue weighted by molar-refractivity contribution is -0.147. The Labute approximate surface area is 123 Å². The minimum absolute atomic E-state index is 0.0684. The highest BCUT2D eigenvalue weighted by Gasteiger charge is 2.45. The largest absolute Gasteiger partial charge is 0.375 e. The topological polar surface area (TPSA) is 47.3 Å². The highest BCUT2D eigenvalue weighted by Crippen LogP contribution is 2.47. The third kappa shape index (κ3) is 2.58. The molecule has 0 amide bonds. The van der Waals surface area contributed by atoms with Gasteiger partial charge in [-0.3, -0.25) is 11.3 Å². The van der Waals surface area contributed by atoms with Crippen LogP contribution in [-0.4, -0.2) is 12.2 Å². The van der Waals surface area contributed by atoms with Crippen molar-refractivity contribution in [3.8, 4) is 0 Å². The molecule has 0 radical (unpaired) electrons. The molecule has 1 saturated carbocycles. The zero-order valence-corrected chi connectivity index (χ0v) is 12.3. The lowest BCUT2D eigenvalue weighted by atomic mass is 9.69. The molecule has 1 aromatic carbocycles. The molecular weight excluding hydrogens is 274 g/mol. The number of ether oxygens (including phenoxy) is 1. The summed E-state index contributed by atoms with van der Waals surface area (Å²) in [6.07, 6.45) is 4.83. The van der Waals surface area contributed by atoms with Gasteiger partial charge < -0.3 is 4.74 Å². The zero-order chi connectivity index (χ0) is 15.0. The Bertz CT molecular complexity index is 531. The van der Waals surface area contributed by atoms with E-state index in [-0.39, 0.29) is 17.1 Å². The molecule has 3 rings (SSSR count). The third-order valence-electron chi connectivity index (χ3n) is 5.08. The first-order valence-electron chi connectivity index (χ1n) is 7.61. The average molecular weight is 296 g/mol. The maximum Gasteiger partial charge on any atom is 0.133 e. The molecule has 3 N–H and O–H groups in total. The minimum atomic E-state index is -0.532. The van der Waals surface area contributed by atoms with Crippen molar-refractivity contribution in [2.24, 2.45) is 11.8 Å². The second kappa shape index (κ2) is 5.63. The van der Waals surface area contributed by atoms with Crippen molar-refractivity contribution in [1.82, 2.24) is 5.43 Å². The lowest BCUT2D eigenvalue weighted by Gasteiger charge is -2.48. The maximum atomic E-state index is 14.4. The second-order valence-corrected chi connectivity index (χ2v) is 6.37. The van der Waals surface area contributed by atoms with Gasteiger partial charge in [0.15, 0.2) is 0 Å². The zero-order valence-electron chi connectivity index (χ0n) is 12.3. The van der Waals surface area contributed by atoms with Crippen LogP contribution >= 0.6 is 0 Å². The fourth-order valence-corrected chi connectivity index (χ4v) is 3.69. The molecule has 5 heteroatoms. The average Bonchev–Trinajstić information content (AvgIpc) is 2.46. The molecule has 21 heavy (non-hydrogen) atoms. The smallest absolute Gasteiger partial charge is 0.133 e. The molecule has 2 atom stereocenters. The van der Waals surface area contributed by atoms with Gasteiger partial charge in [-0.1, -0.05) is 6.07 Å². The van der Waals surface area contributed by atoms with Gasteiger partial charge in [0.25, 0.3) is 0 Å². The van der Waals surface area contributed by atoms with Gasteiger partial charge in [-0.25, -0.2) is 8.78 Å². The van der Waals surface area contributed by atoms with E-state index in [2.05, 4.69) is 5.43 Å². The van der Waals surface area contributed by atoms with Crippen LogP contribution in [0, 0.1) is 24.5 Å². The monoisotopic (exact) mass is 296 g/mol. The highest BCUT2D eigenvalue weighted by atomic mass is 19.1. The van der Waals surface area contributed by atoms with E-state index in [1.807, 2.05) is 0 Å². The summed E-state index contributed by atoms with van der Waals surface area (Å²) >= 11 is 0. The Balaban J connectivity index is 1.90. The Morgan fingerprint density at radius 3 is 2.76 bits per heavy atom. The first kappa shape index (κ1) is 14.9. The number of benzene rings is 1. The van der Waals surface area contributed by atoms with Crippen molar-refractivity contribution < 1.29 is 13.5 Å². The quantitative estimate of drug-likeness (QED) is 0.665. The summed E-state index contributed by atoms with van der Waals surface area (Å²) < 4.78 is 34.4. The predicted octanol–water partition coefficient (Wildman–Crippen LogP) is 3.13. The summed E-state index contributed by atoms with van der Waals surface area (Å²) in [5.74, 6) is 4.71. The molecule has 0 bridgehead atoms. The number of hydrogen-bond donors (Lipinski definition) is 2. The summed E-state index contributed by atoms with van der Waals surface area (Å²) in [7, 11) is 0. The molecule has 2 aliphatic rings. The molecule has 1 aliphatic carbocycles. The Morgan fingerprint density at radius 2 is 2.14 bits per heavy atom. The van der Waals surface area contributed by atoms with Gasteiger partial charge in [0.2, 0.25) is 0 Å². The third-order valence-corrected chi connectivity index (χ3v) is 5.08.